The molecule has 0 spiro atoms. The molecule has 0 fully saturated rings. The number of benzene rings is 1. The van der Waals surface area contributed by atoms with E-state index in [-0.39, 0.29) is 30.1 Å². The summed E-state index contributed by atoms with van der Waals surface area (Å²) in [4.78, 5) is 17.6. The monoisotopic (exact) mass is 496 g/mol. The topological polar surface area (TPSA) is 76.6 Å². The Labute approximate surface area is 185 Å². The summed E-state index contributed by atoms with van der Waals surface area (Å²) in [5, 5.41) is 0. The maximum absolute atomic E-state index is 13.1. The molecule has 0 radical (unpaired) electrons. The van der Waals surface area contributed by atoms with Crippen molar-refractivity contribution in [3.05, 3.63) is 52.8 Å². The number of alkyl halides is 6. The Bertz CT molecular complexity index is 1180. The molecule has 2 aromatic rings. The van der Waals surface area contributed by atoms with Gasteiger partial charge >= 0.3 is 12.4 Å². The first-order chi connectivity index (χ1) is 15.1. The maximum Gasteiger partial charge on any atom is 0.433 e. The second-order valence-electron chi connectivity index (χ2n) is 7.51. The number of halogens is 6. The molecule has 2 heterocycles. The molecular formula is C20H18F6N2O4S. The lowest BCUT2D eigenvalue weighted by atomic mass is 10.0. The number of carbonyl (C=O) groups is 1. The van der Waals surface area contributed by atoms with Gasteiger partial charge in [0.05, 0.1) is 10.5 Å². The van der Waals surface area contributed by atoms with E-state index in [0.717, 1.165) is 37.4 Å². The van der Waals surface area contributed by atoms with Crippen LogP contribution in [0, 0.1) is 0 Å². The van der Waals surface area contributed by atoms with Gasteiger partial charge in [0.2, 0.25) is 0 Å². The Kier molecular flexibility index (Phi) is 6.39. The molecule has 1 aromatic carbocycles. The van der Waals surface area contributed by atoms with Crippen molar-refractivity contribution in [2.75, 3.05) is 12.8 Å². The zero-order valence-corrected chi connectivity index (χ0v) is 18.1. The molecule has 1 atom stereocenters. The van der Waals surface area contributed by atoms with Gasteiger partial charge in [-0.2, -0.15) is 26.3 Å². The number of aromatic nitrogens is 1. The number of hydrogen-bond acceptors (Lipinski definition) is 5. The highest BCUT2D eigenvalue weighted by Crippen LogP contribution is 2.32. The Morgan fingerprint density at radius 1 is 1.12 bits per heavy atom. The smallest absolute Gasteiger partial charge is 0.433 e. The number of nitrogens with zero attached hydrogens (tertiary/aromatic N) is 2. The minimum Gasteiger partial charge on any atom is -0.480 e. The molecule has 180 valence electrons. The fourth-order valence-electron chi connectivity index (χ4n) is 3.18. The standard InChI is InChI=1S/C20H18F6N2O4S/c1-11(19(21,22)23)32-16-5-4-13(33(2,30)31)9-14(16)18(29)28-8-7-15-12(10-28)3-6-17(27-15)20(24,25)26/h3-6,9,11H,7-8,10H2,1-2H3/t11-/m1/s1. The van der Waals surface area contributed by atoms with E-state index in [1.54, 1.807) is 0 Å². The van der Waals surface area contributed by atoms with Crippen LogP contribution >= 0.6 is 0 Å². The number of rotatable bonds is 4. The van der Waals surface area contributed by atoms with Crippen LogP contribution < -0.4 is 4.74 Å². The van der Waals surface area contributed by atoms with Crippen molar-refractivity contribution in [1.29, 1.82) is 0 Å². The minimum atomic E-state index is -4.73. The first kappa shape index (κ1) is 24.8. The SMILES string of the molecule is C[C@@H](Oc1ccc(S(C)(=O)=O)cc1C(=O)N1CCc2nc(C(F)(F)F)ccc2C1)C(F)(F)F. The van der Waals surface area contributed by atoms with Crippen molar-refractivity contribution in [3.8, 4) is 5.75 Å². The van der Waals surface area contributed by atoms with Crippen LogP contribution in [0.4, 0.5) is 26.3 Å². The molecule has 0 N–H and O–H groups in total. The van der Waals surface area contributed by atoms with Crippen LogP contribution in [0.15, 0.2) is 35.2 Å². The van der Waals surface area contributed by atoms with Gasteiger partial charge in [-0.25, -0.2) is 13.4 Å². The Morgan fingerprint density at radius 3 is 2.36 bits per heavy atom. The first-order valence-electron chi connectivity index (χ1n) is 9.50. The van der Waals surface area contributed by atoms with Crippen molar-refractivity contribution < 1.29 is 44.3 Å². The molecule has 13 heteroatoms. The van der Waals surface area contributed by atoms with E-state index in [2.05, 4.69) is 4.98 Å². The molecule has 1 amide bonds. The van der Waals surface area contributed by atoms with Gasteiger partial charge in [0, 0.05) is 31.5 Å². The zero-order chi connectivity index (χ0) is 24.8. The third kappa shape index (κ3) is 5.57. The molecule has 0 unspecified atom stereocenters. The average Bonchev–Trinajstić information content (AvgIpc) is 2.70. The molecule has 1 aromatic heterocycles. The van der Waals surface area contributed by atoms with E-state index in [1.807, 2.05) is 0 Å². The van der Waals surface area contributed by atoms with Crippen LogP contribution in [0.2, 0.25) is 0 Å². The van der Waals surface area contributed by atoms with E-state index in [1.165, 1.54) is 11.0 Å². The number of ether oxygens (including phenoxy) is 1. The van der Waals surface area contributed by atoms with Gasteiger partial charge in [-0.15, -0.1) is 0 Å². The van der Waals surface area contributed by atoms with Crippen molar-refractivity contribution >= 4 is 15.7 Å². The molecule has 0 saturated heterocycles. The Morgan fingerprint density at radius 2 is 1.79 bits per heavy atom. The van der Waals surface area contributed by atoms with Crippen LogP contribution in [-0.4, -0.2) is 49.3 Å². The normalized spacial score (nSPS) is 15.7. The van der Waals surface area contributed by atoms with Gasteiger partial charge in [0.1, 0.15) is 11.4 Å². The highest BCUT2D eigenvalue weighted by Gasteiger charge is 2.39. The van der Waals surface area contributed by atoms with E-state index < -0.39 is 51.2 Å². The number of pyridine rings is 1. The summed E-state index contributed by atoms with van der Waals surface area (Å²) in [6, 6.07) is 4.88. The predicted octanol–water partition coefficient (Wildman–Crippen LogP) is 4.03. The summed E-state index contributed by atoms with van der Waals surface area (Å²) in [5.74, 6) is -1.29. The molecule has 6 nitrogen and oxygen atoms in total. The second-order valence-corrected chi connectivity index (χ2v) is 9.52. The molecule has 1 aliphatic rings. The van der Waals surface area contributed by atoms with Gasteiger partial charge < -0.3 is 9.64 Å². The number of fused-ring (bicyclic) bond motifs is 1. The van der Waals surface area contributed by atoms with E-state index in [0.29, 0.717) is 5.56 Å². The van der Waals surface area contributed by atoms with Crippen molar-refractivity contribution in [3.63, 3.8) is 0 Å². The van der Waals surface area contributed by atoms with Crippen LogP contribution in [0.3, 0.4) is 0 Å². The van der Waals surface area contributed by atoms with Gasteiger partial charge in [-0.3, -0.25) is 4.79 Å². The molecule has 0 saturated carbocycles. The lowest BCUT2D eigenvalue weighted by Crippen LogP contribution is -2.37. The van der Waals surface area contributed by atoms with E-state index >= 15 is 0 Å². The molecule has 0 aliphatic carbocycles. The van der Waals surface area contributed by atoms with Crippen LogP contribution in [0.5, 0.6) is 5.75 Å². The number of hydrogen-bond donors (Lipinski definition) is 0. The summed E-state index contributed by atoms with van der Waals surface area (Å²) in [6.45, 7) is 0.508. The highest BCUT2D eigenvalue weighted by atomic mass is 32.2. The predicted molar refractivity (Wildman–Crippen MR) is 103 cm³/mol. The average molecular weight is 496 g/mol. The minimum absolute atomic E-state index is 0.0219. The lowest BCUT2D eigenvalue weighted by Gasteiger charge is -2.29. The largest absolute Gasteiger partial charge is 0.480 e. The molecule has 0 bridgehead atoms. The zero-order valence-electron chi connectivity index (χ0n) is 17.3. The first-order valence-corrected chi connectivity index (χ1v) is 11.4. The number of sulfone groups is 1. The summed E-state index contributed by atoms with van der Waals surface area (Å²) in [5.41, 5.74) is -0.982. The van der Waals surface area contributed by atoms with Gasteiger partial charge in [-0.05, 0) is 36.8 Å². The van der Waals surface area contributed by atoms with E-state index in [9.17, 15) is 39.6 Å². The second kappa shape index (κ2) is 8.50. The van der Waals surface area contributed by atoms with Crippen LogP contribution in [0.1, 0.15) is 34.2 Å². The van der Waals surface area contributed by atoms with Crippen LogP contribution in [0.25, 0.3) is 0 Å². The quantitative estimate of drug-likeness (QED) is 0.598. The van der Waals surface area contributed by atoms with Crippen LogP contribution in [-0.2, 0) is 29.0 Å². The third-order valence-electron chi connectivity index (χ3n) is 5.00. The van der Waals surface area contributed by atoms with E-state index in [4.69, 9.17) is 4.74 Å². The molecule has 1 aliphatic heterocycles. The van der Waals surface area contributed by atoms with Gasteiger partial charge in [0.25, 0.3) is 5.91 Å². The van der Waals surface area contributed by atoms with Crippen molar-refractivity contribution in [1.82, 2.24) is 9.88 Å². The molecule has 3 rings (SSSR count). The lowest BCUT2D eigenvalue weighted by molar-refractivity contribution is -0.189. The van der Waals surface area contributed by atoms with Crippen molar-refractivity contribution in [2.24, 2.45) is 0 Å². The fourth-order valence-corrected chi connectivity index (χ4v) is 3.83. The summed E-state index contributed by atoms with van der Waals surface area (Å²) >= 11 is 0. The van der Waals surface area contributed by atoms with Gasteiger partial charge in [0.15, 0.2) is 15.9 Å². The maximum atomic E-state index is 13.1. The number of carbonyl (C=O) groups excluding carboxylic acids is 1. The highest BCUT2D eigenvalue weighted by molar-refractivity contribution is 7.90. The Balaban J connectivity index is 1.95. The number of amides is 1. The van der Waals surface area contributed by atoms with Gasteiger partial charge in [-0.1, -0.05) is 6.07 Å². The fraction of sp³-hybridized carbons (Fsp3) is 0.400. The summed E-state index contributed by atoms with van der Waals surface area (Å²) < 4.78 is 106. The Hall–Kier alpha value is -2.83. The summed E-state index contributed by atoms with van der Waals surface area (Å²) in [7, 11) is -3.80. The summed E-state index contributed by atoms with van der Waals surface area (Å²) in [6.07, 6.45) is -10.8. The van der Waals surface area contributed by atoms with Crippen molar-refractivity contribution in [2.45, 2.75) is 43.2 Å². The molecular weight excluding hydrogens is 478 g/mol. The third-order valence-corrected chi connectivity index (χ3v) is 6.11. The molecule has 33 heavy (non-hydrogen) atoms.